The predicted molar refractivity (Wildman–Crippen MR) is 98.8 cm³/mol. The lowest BCUT2D eigenvalue weighted by atomic mass is 10.2. The molecule has 1 amide bonds. The van der Waals surface area contributed by atoms with Crippen LogP contribution in [0.2, 0.25) is 5.02 Å². The van der Waals surface area contributed by atoms with E-state index in [2.05, 4.69) is 10.0 Å². The SMILES string of the molecule is Cc1ccc(NC(=O)/C=C/c2ccc(Cl)cc2)cc1NS(C)(=O)=O. The van der Waals surface area contributed by atoms with E-state index >= 15 is 0 Å². The summed E-state index contributed by atoms with van der Waals surface area (Å²) in [7, 11) is -3.38. The number of amides is 1. The molecule has 7 heteroatoms. The summed E-state index contributed by atoms with van der Waals surface area (Å²) in [5.74, 6) is -0.320. The number of carbonyl (C=O) groups is 1. The lowest BCUT2D eigenvalue weighted by Gasteiger charge is -2.10. The molecule has 0 aromatic heterocycles. The second-order valence-corrected chi connectivity index (χ2v) is 7.46. The number of carbonyl (C=O) groups excluding carboxylic acids is 1. The van der Waals surface area contributed by atoms with Crippen LogP contribution in [0.4, 0.5) is 11.4 Å². The number of sulfonamides is 1. The zero-order valence-electron chi connectivity index (χ0n) is 13.2. The zero-order valence-corrected chi connectivity index (χ0v) is 14.8. The Morgan fingerprint density at radius 2 is 1.79 bits per heavy atom. The van der Waals surface area contributed by atoms with Crippen LogP contribution >= 0.6 is 11.6 Å². The van der Waals surface area contributed by atoms with Crippen LogP contribution in [-0.4, -0.2) is 20.6 Å². The fraction of sp³-hybridized carbons (Fsp3) is 0.118. The first-order chi connectivity index (χ1) is 11.2. The highest BCUT2D eigenvalue weighted by Gasteiger charge is 2.07. The Kier molecular flexibility index (Phi) is 5.64. The van der Waals surface area contributed by atoms with Gasteiger partial charge in [0.1, 0.15) is 0 Å². The average molecular weight is 365 g/mol. The summed E-state index contributed by atoms with van der Waals surface area (Å²) < 4.78 is 25.1. The van der Waals surface area contributed by atoms with Gasteiger partial charge in [0, 0.05) is 16.8 Å². The van der Waals surface area contributed by atoms with Gasteiger partial charge in [-0.05, 0) is 48.4 Å². The molecule has 2 aromatic rings. The Bertz CT molecular complexity index is 875. The number of hydrogen-bond donors (Lipinski definition) is 2. The highest BCUT2D eigenvalue weighted by Crippen LogP contribution is 2.21. The van der Waals surface area contributed by atoms with E-state index in [4.69, 9.17) is 11.6 Å². The van der Waals surface area contributed by atoms with E-state index in [1.807, 2.05) is 0 Å². The first kappa shape index (κ1) is 18.0. The molecule has 2 aromatic carbocycles. The summed E-state index contributed by atoms with van der Waals surface area (Å²) >= 11 is 5.80. The number of anilines is 2. The monoisotopic (exact) mass is 364 g/mol. The standard InChI is InChI=1S/C17H17ClN2O3S/c1-12-3-9-15(11-16(12)20-24(2,22)23)19-17(21)10-6-13-4-7-14(18)8-5-13/h3-11,20H,1-2H3,(H,19,21)/b10-6+. The quantitative estimate of drug-likeness (QED) is 0.795. The first-order valence-electron chi connectivity index (χ1n) is 7.06. The molecular weight excluding hydrogens is 348 g/mol. The Balaban J connectivity index is 2.08. The molecular formula is C17H17ClN2O3S. The molecule has 0 aliphatic rings. The van der Waals surface area contributed by atoms with Gasteiger partial charge in [-0.1, -0.05) is 29.8 Å². The van der Waals surface area contributed by atoms with Crippen LogP contribution in [0.3, 0.4) is 0 Å². The number of halogens is 1. The predicted octanol–water partition coefficient (Wildman–Crippen LogP) is 3.67. The van der Waals surface area contributed by atoms with Crippen LogP contribution in [0.25, 0.3) is 6.08 Å². The van der Waals surface area contributed by atoms with E-state index in [9.17, 15) is 13.2 Å². The third kappa shape index (κ3) is 5.72. The van der Waals surface area contributed by atoms with Crippen molar-refractivity contribution in [1.82, 2.24) is 0 Å². The molecule has 0 saturated carbocycles. The van der Waals surface area contributed by atoms with Gasteiger partial charge in [-0.25, -0.2) is 8.42 Å². The highest BCUT2D eigenvalue weighted by molar-refractivity contribution is 7.92. The molecule has 0 heterocycles. The minimum absolute atomic E-state index is 0.320. The third-order valence-electron chi connectivity index (χ3n) is 3.10. The fourth-order valence-corrected chi connectivity index (χ4v) is 2.68. The van der Waals surface area contributed by atoms with Gasteiger partial charge >= 0.3 is 0 Å². The molecule has 0 aliphatic carbocycles. The summed E-state index contributed by atoms with van der Waals surface area (Å²) in [5, 5.41) is 3.32. The molecule has 2 rings (SSSR count). The van der Waals surface area contributed by atoms with Gasteiger partial charge in [-0.2, -0.15) is 0 Å². The summed E-state index contributed by atoms with van der Waals surface area (Å²) in [6, 6.07) is 12.1. The molecule has 24 heavy (non-hydrogen) atoms. The molecule has 5 nitrogen and oxygen atoms in total. The Morgan fingerprint density at radius 1 is 1.12 bits per heavy atom. The average Bonchev–Trinajstić information content (AvgIpc) is 2.49. The first-order valence-corrected chi connectivity index (χ1v) is 9.33. The molecule has 0 fully saturated rings. The maximum absolute atomic E-state index is 12.0. The summed E-state index contributed by atoms with van der Waals surface area (Å²) in [5.41, 5.74) is 2.53. The minimum Gasteiger partial charge on any atom is -0.322 e. The van der Waals surface area contributed by atoms with Crippen molar-refractivity contribution >= 4 is 45.0 Å². The summed E-state index contributed by atoms with van der Waals surface area (Å²) in [4.78, 5) is 12.0. The number of hydrogen-bond acceptors (Lipinski definition) is 3. The van der Waals surface area contributed by atoms with Crippen LogP contribution in [0.1, 0.15) is 11.1 Å². The Labute approximate surface area is 146 Å². The normalized spacial score (nSPS) is 11.5. The summed E-state index contributed by atoms with van der Waals surface area (Å²) in [6.07, 6.45) is 4.13. The second-order valence-electron chi connectivity index (χ2n) is 5.28. The highest BCUT2D eigenvalue weighted by atomic mass is 35.5. The minimum atomic E-state index is -3.38. The fourth-order valence-electron chi connectivity index (χ4n) is 1.94. The van der Waals surface area contributed by atoms with Crippen molar-refractivity contribution in [1.29, 1.82) is 0 Å². The summed E-state index contributed by atoms with van der Waals surface area (Å²) in [6.45, 7) is 1.78. The number of aryl methyl sites for hydroxylation is 1. The molecule has 0 aliphatic heterocycles. The molecule has 0 atom stereocenters. The molecule has 0 spiro atoms. The van der Waals surface area contributed by atoms with E-state index in [0.717, 1.165) is 17.4 Å². The van der Waals surface area contributed by atoms with Crippen molar-refractivity contribution in [3.8, 4) is 0 Å². The number of rotatable bonds is 5. The topological polar surface area (TPSA) is 75.3 Å². The lowest BCUT2D eigenvalue weighted by Crippen LogP contribution is -2.12. The maximum Gasteiger partial charge on any atom is 0.248 e. The molecule has 126 valence electrons. The van der Waals surface area contributed by atoms with Gasteiger partial charge in [0.25, 0.3) is 0 Å². The van der Waals surface area contributed by atoms with E-state index in [-0.39, 0.29) is 5.91 Å². The smallest absolute Gasteiger partial charge is 0.248 e. The van der Waals surface area contributed by atoms with E-state index in [0.29, 0.717) is 16.4 Å². The van der Waals surface area contributed by atoms with E-state index in [1.165, 1.54) is 6.08 Å². The van der Waals surface area contributed by atoms with Gasteiger partial charge in [0.15, 0.2) is 0 Å². The van der Waals surface area contributed by atoms with Gasteiger partial charge in [0.2, 0.25) is 15.9 Å². The molecule has 0 radical (unpaired) electrons. The van der Waals surface area contributed by atoms with E-state index in [1.54, 1.807) is 55.5 Å². The van der Waals surface area contributed by atoms with Gasteiger partial charge in [-0.3, -0.25) is 9.52 Å². The number of benzene rings is 2. The molecule has 0 saturated heterocycles. The van der Waals surface area contributed by atoms with Crippen LogP contribution in [0, 0.1) is 6.92 Å². The van der Waals surface area contributed by atoms with Gasteiger partial charge in [-0.15, -0.1) is 0 Å². The number of nitrogens with one attached hydrogen (secondary N) is 2. The van der Waals surface area contributed by atoms with Crippen LogP contribution < -0.4 is 10.0 Å². The van der Waals surface area contributed by atoms with Crippen molar-refractivity contribution in [3.05, 3.63) is 64.7 Å². The molecule has 0 bridgehead atoms. The van der Waals surface area contributed by atoms with Gasteiger partial charge < -0.3 is 5.32 Å². The van der Waals surface area contributed by atoms with Crippen molar-refractivity contribution in [2.45, 2.75) is 6.92 Å². The van der Waals surface area contributed by atoms with Crippen LogP contribution in [0.5, 0.6) is 0 Å². The Hall–Kier alpha value is -2.31. The second kappa shape index (κ2) is 7.51. The zero-order chi connectivity index (χ0) is 17.7. The van der Waals surface area contributed by atoms with Crippen molar-refractivity contribution in [3.63, 3.8) is 0 Å². The third-order valence-corrected chi connectivity index (χ3v) is 3.94. The van der Waals surface area contributed by atoms with Crippen LogP contribution in [0.15, 0.2) is 48.5 Å². The molecule has 2 N–H and O–H groups in total. The van der Waals surface area contributed by atoms with Crippen LogP contribution in [-0.2, 0) is 14.8 Å². The maximum atomic E-state index is 12.0. The van der Waals surface area contributed by atoms with Crippen molar-refractivity contribution < 1.29 is 13.2 Å². The molecule has 0 unspecified atom stereocenters. The van der Waals surface area contributed by atoms with Crippen molar-refractivity contribution in [2.75, 3.05) is 16.3 Å². The lowest BCUT2D eigenvalue weighted by molar-refractivity contribution is -0.111. The van der Waals surface area contributed by atoms with Crippen molar-refractivity contribution in [2.24, 2.45) is 0 Å². The van der Waals surface area contributed by atoms with E-state index < -0.39 is 10.0 Å². The van der Waals surface area contributed by atoms with Gasteiger partial charge in [0.05, 0.1) is 11.9 Å². The Morgan fingerprint density at radius 3 is 2.42 bits per heavy atom. The largest absolute Gasteiger partial charge is 0.322 e.